The van der Waals surface area contributed by atoms with Gasteiger partial charge >= 0.3 is 5.97 Å². The first-order valence-corrected chi connectivity index (χ1v) is 6.42. The topological polar surface area (TPSA) is 38.3 Å². The van der Waals surface area contributed by atoms with E-state index in [1.54, 1.807) is 0 Å². The Hall–Kier alpha value is -0.570. The standard InChI is InChI=1S/C13H25NO2/c1-5-12(8-11-6-7-11)14-10(3)9(2)13(15)16-4/h9-12,14H,5-8H2,1-4H3. The maximum Gasteiger partial charge on any atom is 0.309 e. The summed E-state index contributed by atoms with van der Waals surface area (Å²) in [6.45, 7) is 6.19. The first kappa shape index (κ1) is 13.5. The van der Waals surface area contributed by atoms with Crippen LogP contribution in [-0.4, -0.2) is 25.2 Å². The van der Waals surface area contributed by atoms with Crippen molar-refractivity contribution < 1.29 is 9.53 Å². The summed E-state index contributed by atoms with van der Waals surface area (Å²) in [5.74, 6) is 0.734. The minimum atomic E-state index is -0.124. The lowest BCUT2D eigenvalue weighted by Crippen LogP contribution is -2.42. The van der Waals surface area contributed by atoms with Crippen LogP contribution in [0.3, 0.4) is 0 Å². The third-order valence-electron chi connectivity index (χ3n) is 3.63. The van der Waals surface area contributed by atoms with Gasteiger partial charge in [0.05, 0.1) is 13.0 Å². The Labute approximate surface area is 98.9 Å². The fraction of sp³-hybridized carbons (Fsp3) is 0.923. The van der Waals surface area contributed by atoms with Crippen molar-refractivity contribution in [3.05, 3.63) is 0 Å². The van der Waals surface area contributed by atoms with Crippen LogP contribution in [0.4, 0.5) is 0 Å². The summed E-state index contributed by atoms with van der Waals surface area (Å²) < 4.78 is 4.76. The highest BCUT2D eigenvalue weighted by Gasteiger charge is 2.27. The Morgan fingerprint density at radius 1 is 1.44 bits per heavy atom. The van der Waals surface area contributed by atoms with Crippen LogP contribution in [0.25, 0.3) is 0 Å². The lowest BCUT2D eigenvalue weighted by molar-refractivity contribution is -0.145. The molecule has 0 aromatic rings. The van der Waals surface area contributed by atoms with Gasteiger partial charge in [-0.25, -0.2) is 0 Å². The molecule has 1 N–H and O–H groups in total. The van der Waals surface area contributed by atoms with Gasteiger partial charge in [-0.1, -0.05) is 26.7 Å². The molecule has 0 radical (unpaired) electrons. The highest BCUT2D eigenvalue weighted by molar-refractivity contribution is 5.72. The smallest absolute Gasteiger partial charge is 0.309 e. The molecular weight excluding hydrogens is 202 g/mol. The first-order chi connectivity index (χ1) is 7.58. The summed E-state index contributed by atoms with van der Waals surface area (Å²) >= 11 is 0. The van der Waals surface area contributed by atoms with Gasteiger partial charge in [0, 0.05) is 12.1 Å². The maximum absolute atomic E-state index is 11.4. The van der Waals surface area contributed by atoms with E-state index >= 15 is 0 Å². The third-order valence-corrected chi connectivity index (χ3v) is 3.63. The van der Waals surface area contributed by atoms with Gasteiger partial charge in [-0.2, -0.15) is 0 Å². The van der Waals surface area contributed by atoms with Gasteiger partial charge in [0.15, 0.2) is 0 Å². The third kappa shape index (κ3) is 4.12. The summed E-state index contributed by atoms with van der Waals surface area (Å²) in [5, 5.41) is 3.55. The van der Waals surface area contributed by atoms with Gasteiger partial charge in [0.25, 0.3) is 0 Å². The van der Waals surface area contributed by atoms with Crippen LogP contribution in [0.5, 0.6) is 0 Å². The number of carbonyl (C=O) groups is 1. The highest BCUT2D eigenvalue weighted by Crippen LogP contribution is 2.34. The number of rotatable bonds is 7. The molecule has 1 aliphatic carbocycles. The van der Waals surface area contributed by atoms with Crippen LogP contribution in [0.2, 0.25) is 0 Å². The Bertz CT molecular complexity index is 226. The second kappa shape index (κ2) is 6.24. The number of nitrogens with one attached hydrogen (secondary N) is 1. The van der Waals surface area contributed by atoms with Crippen LogP contribution in [-0.2, 0) is 9.53 Å². The molecule has 0 aliphatic heterocycles. The average molecular weight is 227 g/mol. The molecule has 3 unspecified atom stereocenters. The zero-order chi connectivity index (χ0) is 12.1. The lowest BCUT2D eigenvalue weighted by Gasteiger charge is -2.25. The van der Waals surface area contributed by atoms with Crippen molar-refractivity contribution in [2.24, 2.45) is 11.8 Å². The SMILES string of the molecule is CCC(CC1CC1)NC(C)C(C)C(=O)OC. The van der Waals surface area contributed by atoms with Gasteiger partial charge in [0.2, 0.25) is 0 Å². The van der Waals surface area contributed by atoms with E-state index in [0.29, 0.717) is 6.04 Å². The number of hydrogen-bond donors (Lipinski definition) is 1. The predicted octanol–water partition coefficient (Wildman–Crippen LogP) is 2.35. The molecule has 1 fully saturated rings. The van der Waals surface area contributed by atoms with E-state index in [1.807, 2.05) is 6.92 Å². The summed E-state index contributed by atoms with van der Waals surface area (Å²) in [6.07, 6.45) is 5.17. The van der Waals surface area contributed by atoms with E-state index in [0.717, 1.165) is 12.3 Å². The van der Waals surface area contributed by atoms with Crippen molar-refractivity contribution in [1.82, 2.24) is 5.32 Å². The predicted molar refractivity (Wildman–Crippen MR) is 65.2 cm³/mol. The Kier molecular flexibility index (Phi) is 5.26. The molecule has 1 saturated carbocycles. The molecule has 3 nitrogen and oxygen atoms in total. The van der Waals surface area contributed by atoms with Gasteiger partial charge in [0.1, 0.15) is 0 Å². The van der Waals surface area contributed by atoms with E-state index in [-0.39, 0.29) is 17.9 Å². The lowest BCUT2D eigenvalue weighted by atomic mass is 10.0. The molecule has 3 atom stereocenters. The Balaban J connectivity index is 2.34. The van der Waals surface area contributed by atoms with Gasteiger partial charge in [-0.15, -0.1) is 0 Å². The van der Waals surface area contributed by atoms with Crippen LogP contribution in [0, 0.1) is 11.8 Å². The van der Waals surface area contributed by atoms with E-state index < -0.39 is 0 Å². The number of carbonyl (C=O) groups excluding carboxylic acids is 1. The van der Waals surface area contributed by atoms with Crippen molar-refractivity contribution in [3.8, 4) is 0 Å². The zero-order valence-corrected chi connectivity index (χ0v) is 11.0. The molecule has 94 valence electrons. The molecule has 0 heterocycles. The van der Waals surface area contributed by atoms with Crippen LogP contribution >= 0.6 is 0 Å². The fourth-order valence-corrected chi connectivity index (χ4v) is 2.01. The minimum absolute atomic E-state index is 0.0711. The quantitative estimate of drug-likeness (QED) is 0.678. The fourth-order valence-electron chi connectivity index (χ4n) is 2.01. The largest absolute Gasteiger partial charge is 0.469 e. The Morgan fingerprint density at radius 2 is 2.06 bits per heavy atom. The molecule has 0 amide bonds. The molecule has 1 rings (SSSR count). The summed E-state index contributed by atoms with van der Waals surface area (Å²) in [7, 11) is 1.45. The van der Waals surface area contributed by atoms with Crippen LogP contribution < -0.4 is 5.32 Å². The summed E-state index contributed by atoms with van der Waals surface area (Å²) in [5.41, 5.74) is 0. The van der Waals surface area contributed by atoms with Gasteiger partial charge < -0.3 is 10.1 Å². The highest BCUT2D eigenvalue weighted by atomic mass is 16.5. The van der Waals surface area contributed by atoms with Crippen molar-refractivity contribution >= 4 is 5.97 Å². The number of hydrogen-bond acceptors (Lipinski definition) is 3. The van der Waals surface area contributed by atoms with Crippen molar-refractivity contribution in [1.29, 1.82) is 0 Å². The average Bonchev–Trinajstić information content (AvgIpc) is 3.09. The second-order valence-electron chi connectivity index (χ2n) is 5.05. The van der Waals surface area contributed by atoms with Crippen molar-refractivity contribution in [3.63, 3.8) is 0 Å². The molecule has 0 spiro atoms. The maximum atomic E-state index is 11.4. The summed E-state index contributed by atoms with van der Waals surface area (Å²) in [6, 6.07) is 0.741. The molecule has 1 aliphatic rings. The van der Waals surface area contributed by atoms with E-state index in [4.69, 9.17) is 4.74 Å². The van der Waals surface area contributed by atoms with Crippen LogP contribution in [0.1, 0.15) is 46.5 Å². The number of methoxy groups -OCH3 is 1. The van der Waals surface area contributed by atoms with Gasteiger partial charge in [-0.3, -0.25) is 4.79 Å². The molecule has 0 aromatic heterocycles. The summed E-state index contributed by atoms with van der Waals surface area (Å²) in [4.78, 5) is 11.4. The molecular formula is C13H25NO2. The zero-order valence-electron chi connectivity index (χ0n) is 11.0. The Morgan fingerprint density at radius 3 is 2.50 bits per heavy atom. The first-order valence-electron chi connectivity index (χ1n) is 6.42. The van der Waals surface area contributed by atoms with Crippen LogP contribution in [0.15, 0.2) is 0 Å². The van der Waals surface area contributed by atoms with Crippen molar-refractivity contribution in [2.45, 2.75) is 58.5 Å². The van der Waals surface area contributed by atoms with E-state index in [9.17, 15) is 4.79 Å². The normalized spacial score (nSPS) is 21.2. The number of ether oxygens (including phenoxy) is 1. The number of esters is 1. The molecule has 16 heavy (non-hydrogen) atoms. The van der Waals surface area contributed by atoms with E-state index in [2.05, 4.69) is 19.2 Å². The molecule has 0 aromatic carbocycles. The minimum Gasteiger partial charge on any atom is -0.469 e. The van der Waals surface area contributed by atoms with Crippen molar-refractivity contribution in [2.75, 3.05) is 7.11 Å². The second-order valence-corrected chi connectivity index (χ2v) is 5.05. The van der Waals surface area contributed by atoms with E-state index in [1.165, 1.54) is 26.4 Å². The monoisotopic (exact) mass is 227 g/mol. The molecule has 0 saturated heterocycles. The molecule has 3 heteroatoms. The van der Waals surface area contributed by atoms with Gasteiger partial charge in [-0.05, 0) is 25.7 Å². The molecule has 0 bridgehead atoms.